The van der Waals surface area contributed by atoms with Gasteiger partial charge in [0.25, 0.3) is 0 Å². The first-order chi connectivity index (χ1) is 7.75. The predicted molar refractivity (Wildman–Crippen MR) is 73.9 cm³/mol. The molecule has 0 saturated carbocycles. The molecule has 0 N–H and O–H groups in total. The van der Waals surface area contributed by atoms with Crippen LogP contribution in [0.4, 0.5) is 0 Å². The van der Waals surface area contributed by atoms with Crippen molar-refractivity contribution in [1.29, 1.82) is 0 Å². The van der Waals surface area contributed by atoms with E-state index in [0.717, 1.165) is 5.57 Å². The van der Waals surface area contributed by atoms with Crippen LogP contribution in [0.5, 0.6) is 0 Å². The highest BCUT2D eigenvalue weighted by atomic mass is 16.1. The fraction of sp³-hybridized carbons (Fsp3) is 0.688. The number of allylic oxidation sites excluding steroid dienone is 4. The van der Waals surface area contributed by atoms with E-state index in [-0.39, 0.29) is 11.2 Å². The Kier molecular flexibility index (Phi) is 4.35. The fourth-order valence-corrected chi connectivity index (χ4v) is 2.82. The number of ketones is 1. The summed E-state index contributed by atoms with van der Waals surface area (Å²) < 4.78 is 0. The summed E-state index contributed by atoms with van der Waals surface area (Å²) in [4.78, 5) is 11.7. The van der Waals surface area contributed by atoms with Crippen LogP contribution in [-0.2, 0) is 4.79 Å². The molecule has 1 atom stereocenters. The van der Waals surface area contributed by atoms with Crippen molar-refractivity contribution in [2.75, 3.05) is 0 Å². The Morgan fingerprint density at radius 1 is 1.47 bits per heavy atom. The lowest BCUT2D eigenvalue weighted by Crippen LogP contribution is -2.27. The SMILES string of the molecule is CC(=O)/C(=C\C1C(C)=CCCC1(C)C)C(C)C. The average Bonchev–Trinajstić information content (AvgIpc) is 2.14. The molecule has 17 heavy (non-hydrogen) atoms. The molecule has 0 amide bonds. The van der Waals surface area contributed by atoms with Gasteiger partial charge in [0.05, 0.1) is 0 Å². The van der Waals surface area contributed by atoms with Crippen molar-refractivity contribution in [3.63, 3.8) is 0 Å². The predicted octanol–water partition coefficient (Wildman–Crippen LogP) is 4.54. The topological polar surface area (TPSA) is 17.1 Å². The van der Waals surface area contributed by atoms with Crippen molar-refractivity contribution in [2.45, 2.75) is 54.4 Å². The van der Waals surface area contributed by atoms with E-state index in [1.54, 1.807) is 6.92 Å². The smallest absolute Gasteiger partial charge is 0.155 e. The Balaban J connectivity index is 3.12. The van der Waals surface area contributed by atoms with Crippen molar-refractivity contribution in [2.24, 2.45) is 17.3 Å². The highest BCUT2D eigenvalue weighted by Crippen LogP contribution is 2.42. The average molecular weight is 234 g/mol. The first-order valence-electron chi connectivity index (χ1n) is 6.65. The zero-order chi connectivity index (χ0) is 13.2. The summed E-state index contributed by atoms with van der Waals surface area (Å²) in [6, 6.07) is 0. The van der Waals surface area contributed by atoms with Crippen molar-refractivity contribution < 1.29 is 4.79 Å². The number of Topliss-reactive ketones (excluding diaryl/α,β-unsaturated/α-hetero) is 1. The molecular formula is C16H26O. The minimum absolute atomic E-state index is 0.217. The van der Waals surface area contributed by atoms with E-state index in [1.165, 1.54) is 18.4 Å². The highest BCUT2D eigenvalue weighted by molar-refractivity contribution is 5.93. The van der Waals surface area contributed by atoms with E-state index in [0.29, 0.717) is 11.8 Å². The van der Waals surface area contributed by atoms with Crippen LogP contribution >= 0.6 is 0 Å². The zero-order valence-corrected chi connectivity index (χ0v) is 12.1. The maximum Gasteiger partial charge on any atom is 0.155 e. The summed E-state index contributed by atoms with van der Waals surface area (Å²) in [5.74, 6) is 0.949. The van der Waals surface area contributed by atoms with Crippen molar-refractivity contribution in [3.05, 3.63) is 23.3 Å². The lowest BCUT2D eigenvalue weighted by molar-refractivity contribution is -0.114. The van der Waals surface area contributed by atoms with Gasteiger partial charge in [0.15, 0.2) is 5.78 Å². The highest BCUT2D eigenvalue weighted by Gasteiger charge is 2.32. The Bertz CT molecular complexity index is 356. The van der Waals surface area contributed by atoms with E-state index in [9.17, 15) is 4.79 Å². The summed E-state index contributed by atoms with van der Waals surface area (Å²) in [6.45, 7) is 12.7. The van der Waals surface area contributed by atoms with Gasteiger partial charge in [0.2, 0.25) is 0 Å². The Labute approximate surface area is 106 Å². The normalized spacial score (nSPS) is 24.8. The van der Waals surface area contributed by atoms with Crippen LogP contribution in [0.2, 0.25) is 0 Å². The Morgan fingerprint density at radius 3 is 2.47 bits per heavy atom. The lowest BCUT2D eigenvalue weighted by Gasteiger charge is -2.37. The molecule has 1 heteroatoms. The van der Waals surface area contributed by atoms with Gasteiger partial charge in [-0.3, -0.25) is 4.79 Å². The van der Waals surface area contributed by atoms with Gasteiger partial charge >= 0.3 is 0 Å². The molecule has 0 aromatic carbocycles. The molecule has 0 aliphatic heterocycles. The number of carbonyl (C=O) groups excluding carboxylic acids is 1. The van der Waals surface area contributed by atoms with Crippen LogP contribution in [0.25, 0.3) is 0 Å². The molecule has 1 unspecified atom stereocenters. The largest absolute Gasteiger partial charge is 0.295 e. The van der Waals surface area contributed by atoms with E-state index in [4.69, 9.17) is 0 Å². The van der Waals surface area contributed by atoms with Crippen LogP contribution in [0.3, 0.4) is 0 Å². The van der Waals surface area contributed by atoms with Crippen LogP contribution in [0.1, 0.15) is 54.4 Å². The van der Waals surface area contributed by atoms with Gasteiger partial charge < -0.3 is 0 Å². The minimum Gasteiger partial charge on any atom is -0.295 e. The lowest BCUT2D eigenvalue weighted by atomic mass is 9.67. The van der Waals surface area contributed by atoms with Gasteiger partial charge in [0.1, 0.15) is 0 Å². The number of hydrogen-bond acceptors (Lipinski definition) is 1. The molecule has 0 aromatic rings. The van der Waals surface area contributed by atoms with Crippen LogP contribution < -0.4 is 0 Å². The molecule has 0 saturated heterocycles. The second-order valence-electron chi connectivity index (χ2n) is 6.29. The molecule has 0 aromatic heterocycles. The maximum absolute atomic E-state index is 11.7. The third kappa shape index (κ3) is 3.31. The zero-order valence-electron chi connectivity index (χ0n) is 12.1. The minimum atomic E-state index is 0.217. The van der Waals surface area contributed by atoms with Crippen molar-refractivity contribution >= 4 is 5.78 Å². The van der Waals surface area contributed by atoms with Gasteiger partial charge in [-0.2, -0.15) is 0 Å². The fourth-order valence-electron chi connectivity index (χ4n) is 2.82. The van der Waals surface area contributed by atoms with Gasteiger partial charge in [-0.25, -0.2) is 0 Å². The number of carbonyl (C=O) groups is 1. The molecule has 0 radical (unpaired) electrons. The Morgan fingerprint density at radius 2 is 2.06 bits per heavy atom. The van der Waals surface area contributed by atoms with E-state index in [2.05, 4.69) is 46.8 Å². The van der Waals surface area contributed by atoms with Gasteiger partial charge in [-0.15, -0.1) is 0 Å². The third-order valence-electron chi connectivity index (χ3n) is 3.96. The second-order valence-corrected chi connectivity index (χ2v) is 6.29. The van der Waals surface area contributed by atoms with Crippen LogP contribution in [0.15, 0.2) is 23.3 Å². The van der Waals surface area contributed by atoms with Crippen LogP contribution in [-0.4, -0.2) is 5.78 Å². The summed E-state index contributed by atoms with van der Waals surface area (Å²) in [6.07, 6.45) is 6.91. The Hall–Kier alpha value is -0.850. The first-order valence-corrected chi connectivity index (χ1v) is 6.65. The molecule has 96 valence electrons. The molecule has 1 aliphatic carbocycles. The summed E-state index contributed by atoms with van der Waals surface area (Å²) in [5.41, 5.74) is 2.67. The van der Waals surface area contributed by atoms with Crippen molar-refractivity contribution in [1.82, 2.24) is 0 Å². The second kappa shape index (κ2) is 5.20. The monoisotopic (exact) mass is 234 g/mol. The molecule has 1 nitrogen and oxygen atoms in total. The molecule has 0 bridgehead atoms. The number of hydrogen-bond donors (Lipinski definition) is 0. The summed E-state index contributed by atoms with van der Waals surface area (Å²) >= 11 is 0. The molecule has 1 aliphatic rings. The summed E-state index contributed by atoms with van der Waals surface area (Å²) in [7, 11) is 0. The molecule has 0 spiro atoms. The third-order valence-corrected chi connectivity index (χ3v) is 3.96. The van der Waals surface area contributed by atoms with Crippen LogP contribution in [0, 0.1) is 17.3 Å². The first kappa shape index (κ1) is 14.2. The van der Waals surface area contributed by atoms with Gasteiger partial charge in [0, 0.05) is 5.92 Å². The summed E-state index contributed by atoms with van der Waals surface area (Å²) in [5, 5.41) is 0. The number of rotatable bonds is 3. The van der Waals surface area contributed by atoms with E-state index < -0.39 is 0 Å². The standard InChI is InChI=1S/C16H26O/c1-11(2)14(13(4)17)10-15-12(3)8-7-9-16(15,5)6/h8,10-11,15H,7,9H2,1-6H3/b14-10-. The van der Waals surface area contributed by atoms with Crippen molar-refractivity contribution in [3.8, 4) is 0 Å². The molecule has 0 fully saturated rings. The molecular weight excluding hydrogens is 208 g/mol. The van der Waals surface area contributed by atoms with Gasteiger partial charge in [-0.1, -0.05) is 45.4 Å². The van der Waals surface area contributed by atoms with E-state index >= 15 is 0 Å². The maximum atomic E-state index is 11.7. The van der Waals surface area contributed by atoms with E-state index in [1.807, 2.05) is 0 Å². The van der Waals surface area contributed by atoms with Gasteiger partial charge in [-0.05, 0) is 43.6 Å². The quantitative estimate of drug-likeness (QED) is 0.517. The molecule has 1 rings (SSSR count). The molecule has 0 heterocycles.